The second-order valence-corrected chi connectivity index (χ2v) is 2.54. The van der Waals surface area contributed by atoms with Crippen LogP contribution in [0.25, 0.3) is 0 Å². The number of hydrogen-bond donors (Lipinski definition) is 0. The fraction of sp³-hybridized carbons (Fsp3) is 0.222. The molecule has 0 unspecified atom stereocenters. The van der Waals surface area contributed by atoms with E-state index in [9.17, 15) is 4.79 Å². The lowest BCUT2D eigenvalue weighted by molar-refractivity contribution is 0.0988. The van der Waals surface area contributed by atoms with Gasteiger partial charge in [0, 0.05) is 21.1 Å². The first-order valence-electron chi connectivity index (χ1n) is 4.67. The topological polar surface area (TPSA) is 17.1 Å². The van der Waals surface area contributed by atoms with Gasteiger partial charge in [-0.2, -0.15) is 0 Å². The number of rotatable bonds is 2. The van der Waals surface area contributed by atoms with Crippen LogP contribution in [0.5, 0.6) is 0 Å². The van der Waals surface area contributed by atoms with Gasteiger partial charge in [-0.05, 0) is 24.3 Å². The molecular formula is C9H9ClO. The lowest BCUT2D eigenvalue weighted by Crippen LogP contribution is -1.94. The van der Waals surface area contributed by atoms with E-state index >= 15 is 0 Å². The van der Waals surface area contributed by atoms with Crippen LogP contribution in [0.15, 0.2) is 24.3 Å². The van der Waals surface area contributed by atoms with Crippen molar-refractivity contribution < 1.29 is 8.91 Å². The van der Waals surface area contributed by atoms with Crippen LogP contribution in [0.3, 0.4) is 0 Å². The fourth-order valence-corrected chi connectivity index (χ4v) is 0.864. The summed E-state index contributed by atoms with van der Waals surface area (Å²) in [5, 5.41) is 0.524. The van der Waals surface area contributed by atoms with Crippen LogP contribution in [-0.4, -0.2) is 5.78 Å². The molecule has 0 bridgehead atoms. The summed E-state index contributed by atoms with van der Waals surface area (Å²) < 4.78 is 20.8. The largest absolute Gasteiger partial charge is 0.294 e. The molecule has 11 heavy (non-hydrogen) atoms. The molecule has 0 amide bonds. The second kappa shape index (κ2) is 3.54. The van der Waals surface area contributed by atoms with Crippen LogP contribution in [0.1, 0.15) is 27.7 Å². The third-order valence-electron chi connectivity index (χ3n) is 1.33. The number of carbonyl (C=O) groups is 1. The van der Waals surface area contributed by atoms with Crippen LogP contribution >= 0.6 is 11.6 Å². The van der Waals surface area contributed by atoms with Crippen LogP contribution < -0.4 is 0 Å². The van der Waals surface area contributed by atoms with Crippen molar-refractivity contribution in [2.75, 3.05) is 0 Å². The van der Waals surface area contributed by atoms with Gasteiger partial charge in [0.2, 0.25) is 0 Å². The minimum Gasteiger partial charge on any atom is -0.294 e. The highest BCUT2D eigenvalue weighted by molar-refractivity contribution is 6.30. The first-order chi connectivity index (χ1) is 6.38. The zero-order chi connectivity index (χ0) is 10.8. The van der Waals surface area contributed by atoms with Gasteiger partial charge in [0.05, 0.1) is 0 Å². The number of ketones is 1. The van der Waals surface area contributed by atoms with Gasteiger partial charge in [-0.1, -0.05) is 18.5 Å². The van der Waals surface area contributed by atoms with Gasteiger partial charge < -0.3 is 0 Å². The molecule has 2 heteroatoms. The van der Waals surface area contributed by atoms with E-state index in [-0.39, 0.29) is 5.78 Å². The Balaban J connectivity index is 2.76. The van der Waals surface area contributed by atoms with E-state index in [0.717, 1.165) is 0 Å². The molecule has 58 valence electrons. The van der Waals surface area contributed by atoms with E-state index in [1.165, 1.54) is 12.1 Å². The Hall–Kier alpha value is -0.820. The highest BCUT2D eigenvalue weighted by Crippen LogP contribution is 2.10. The lowest BCUT2D eigenvalue weighted by Gasteiger charge is -1.95. The maximum absolute atomic E-state index is 11.4. The Bertz CT molecular complexity index is 329. The van der Waals surface area contributed by atoms with E-state index in [2.05, 4.69) is 0 Å². The predicted molar refractivity (Wildman–Crippen MR) is 46.1 cm³/mol. The number of carbonyl (C=O) groups excluding carboxylic acids is 1. The van der Waals surface area contributed by atoms with Crippen molar-refractivity contribution in [1.29, 1.82) is 0 Å². The number of benzene rings is 1. The Morgan fingerprint density at radius 3 is 2.73 bits per heavy atom. The van der Waals surface area contributed by atoms with E-state index in [1.807, 2.05) is 0 Å². The summed E-state index contributed by atoms with van der Waals surface area (Å²) in [7, 11) is 0. The maximum Gasteiger partial charge on any atom is 0.162 e. The van der Waals surface area contributed by atoms with Crippen LogP contribution in [0.2, 0.25) is 5.02 Å². The van der Waals surface area contributed by atoms with E-state index in [0.29, 0.717) is 10.6 Å². The Labute approximate surface area is 75.2 Å². The Morgan fingerprint density at radius 2 is 2.18 bits per heavy atom. The third-order valence-corrected chi connectivity index (χ3v) is 1.58. The molecule has 0 atom stereocenters. The molecule has 0 radical (unpaired) electrons. The molecule has 0 aliphatic heterocycles. The first kappa shape index (κ1) is 4.94. The lowest BCUT2D eigenvalue weighted by atomic mass is 10.1. The zero-order valence-electron chi connectivity index (χ0n) is 8.80. The fourth-order valence-electron chi connectivity index (χ4n) is 0.738. The summed E-state index contributed by atoms with van der Waals surface area (Å²) in [5.74, 6) is -0.387. The Kier molecular flexibility index (Phi) is 1.59. The van der Waals surface area contributed by atoms with Gasteiger partial charge in [0.25, 0.3) is 0 Å². The van der Waals surface area contributed by atoms with E-state index < -0.39 is 13.3 Å². The van der Waals surface area contributed by atoms with Crippen molar-refractivity contribution >= 4 is 17.4 Å². The van der Waals surface area contributed by atoms with Gasteiger partial charge >= 0.3 is 0 Å². The minimum absolute atomic E-state index is 0.380. The van der Waals surface area contributed by atoms with Crippen molar-refractivity contribution in [3.63, 3.8) is 0 Å². The molecule has 0 aliphatic carbocycles. The summed E-state index contributed by atoms with van der Waals surface area (Å²) in [5.41, 5.74) is 0.380. The second-order valence-electron chi connectivity index (χ2n) is 2.11. The van der Waals surface area contributed by atoms with E-state index in [4.69, 9.17) is 15.7 Å². The van der Waals surface area contributed by atoms with Crippen molar-refractivity contribution in [2.45, 2.75) is 13.3 Å². The molecule has 0 saturated heterocycles. The van der Waals surface area contributed by atoms with Crippen molar-refractivity contribution in [3.05, 3.63) is 34.9 Å². The summed E-state index contributed by atoms with van der Waals surface area (Å²) >= 11 is 5.63. The van der Waals surface area contributed by atoms with Crippen LogP contribution in [0, 0.1) is 0 Å². The molecular weight excluding hydrogens is 160 g/mol. The summed E-state index contributed by atoms with van der Waals surface area (Å²) in [6.45, 7) is -2.21. The first-order valence-corrected chi connectivity index (χ1v) is 3.55. The molecule has 1 rings (SSSR count). The quantitative estimate of drug-likeness (QED) is 0.626. The average Bonchev–Trinajstić information content (AvgIpc) is 2.02. The maximum atomic E-state index is 11.4. The summed E-state index contributed by atoms with van der Waals surface area (Å²) in [6.07, 6.45) is -0.436. The van der Waals surface area contributed by atoms with Gasteiger partial charge in [-0.25, -0.2) is 0 Å². The van der Waals surface area contributed by atoms with Crippen molar-refractivity contribution in [3.8, 4) is 0 Å². The Morgan fingerprint density at radius 1 is 1.55 bits per heavy atom. The molecule has 0 aliphatic rings. The summed E-state index contributed by atoms with van der Waals surface area (Å²) in [4.78, 5) is 11.4. The predicted octanol–water partition coefficient (Wildman–Crippen LogP) is 2.93. The van der Waals surface area contributed by atoms with Crippen LogP contribution in [-0.2, 0) is 0 Å². The van der Waals surface area contributed by atoms with Gasteiger partial charge in [0.15, 0.2) is 5.78 Å². The normalized spacial score (nSPS) is 14.8. The molecule has 0 fully saturated rings. The van der Waals surface area contributed by atoms with Gasteiger partial charge in [-0.3, -0.25) is 4.79 Å². The molecule has 1 nitrogen and oxygen atoms in total. The third kappa shape index (κ3) is 2.05. The highest BCUT2D eigenvalue weighted by atomic mass is 35.5. The molecule has 0 saturated carbocycles. The standard InChI is InChI=1S/C9H9ClO/c1-2-9(11)7-3-5-8(10)6-4-7/h3-6H,2H2,1H3/i1D3. The minimum atomic E-state index is -2.21. The van der Waals surface area contributed by atoms with Gasteiger partial charge in [0.1, 0.15) is 0 Å². The molecule has 0 spiro atoms. The number of halogens is 1. The van der Waals surface area contributed by atoms with E-state index in [1.54, 1.807) is 12.1 Å². The van der Waals surface area contributed by atoms with Gasteiger partial charge in [-0.15, -0.1) is 0 Å². The SMILES string of the molecule is [2H]C([2H])([2H])CC(=O)c1ccc(Cl)cc1. The smallest absolute Gasteiger partial charge is 0.162 e. The molecule has 0 N–H and O–H groups in total. The molecule has 1 aromatic carbocycles. The van der Waals surface area contributed by atoms with Crippen molar-refractivity contribution in [2.24, 2.45) is 0 Å². The monoisotopic (exact) mass is 171 g/mol. The molecule has 1 aromatic rings. The average molecular weight is 172 g/mol. The summed E-state index contributed by atoms with van der Waals surface area (Å²) in [6, 6.07) is 6.18. The zero-order valence-corrected chi connectivity index (χ0v) is 6.56. The molecule has 0 heterocycles. The highest BCUT2D eigenvalue weighted by Gasteiger charge is 2.00. The van der Waals surface area contributed by atoms with Crippen LogP contribution in [0.4, 0.5) is 0 Å². The van der Waals surface area contributed by atoms with Crippen molar-refractivity contribution in [1.82, 2.24) is 0 Å². The molecule has 0 aromatic heterocycles. The number of hydrogen-bond acceptors (Lipinski definition) is 1. The number of Topliss-reactive ketones (excluding diaryl/α,β-unsaturated/α-hetero) is 1.